The van der Waals surface area contributed by atoms with Gasteiger partial charge in [-0.15, -0.1) is 0 Å². The van der Waals surface area contributed by atoms with Gasteiger partial charge in [0, 0.05) is 25.7 Å². The second kappa shape index (κ2) is 63.5. The third-order valence-electron chi connectivity index (χ3n) is 17.4. The van der Waals surface area contributed by atoms with Crippen LogP contribution in [-0.2, 0) is 65.4 Å². The summed E-state index contributed by atoms with van der Waals surface area (Å²) in [5.74, 6) is 0.926. The molecule has 0 rings (SSSR count). The number of ether oxygens (including phenoxy) is 4. The summed E-state index contributed by atoms with van der Waals surface area (Å²) in [6.07, 6.45) is 47.2. The van der Waals surface area contributed by atoms with Crippen molar-refractivity contribution in [2.75, 3.05) is 39.6 Å². The Morgan fingerprint density at radius 3 is 0.763 bits per heavy atom. The summed E-state index contributed by atoms with van der Waals surface area (Å²) in [6, 6.07) is 0. The molecule has 0 radical (unpaired) electrons. The fraction of sp³-hybridized carbons (Fsp3) is 0.946. The summed E-state index contributed by atoms with van der Waals surface area (Å²) < 4.78 is 68.4. The maximum absolute atomic E-state index is 13.1. The van der Waals surface area contributed by atoms with Crippen LogP contribution in [0.1, 0.15) is 370 Å². The summed E-state index contributed by atoms with van der Waals surface area (Å²) in [7, 11) is -9.91. The maximum atomic E-state index is 13.1. The molecule has 0 amide bonds. The Kier molecular flexibility index (Phi) is 62.2. The number of esters is 4. The highest BCUT2D eigenvalue weighted by atomic mass is 31.2. The molecule has 6 atom stereocenters. The van der Waals surface area contributed by atoms with Crippen molar-refractivity contribution in [3.05, 3.63) is 0 Å². The van der Waals surface area contributed by atoms with E-state index < -0.39 is 97.5 Å². The van der Waals surface area contributed by atoms with Gasteiger partial charge >= 0.3 is 39.5 Å². The van der Waals surface area contributed by atoms with Crippen LogP contribution in [-0.4, -0.2) is 96.7 Å². The Morgan fingerprint density at radius 1 is 0.301 bits per heavy atom. The van der Waals surface area contributed by atoms with Gasteiger partial charge in [0.15, 0.2) is 12.2 Å². The Labute approximate surface area is 568 Å². The molecule has 0 saturated carbocycles. The van der Waals surface area contributed by atoms with E-state index in [0.29, 0.717) is 25.7 Å². The van der Waals surface area contributed by atoms with Crippen LogP contribution in [0.2, 0.25) is 0 Å². The van der Waals surface area contributed by atoms with Gasteiger partial charge in [0.05, 0.1) is 26.4 Å². The van der Waals surface area contributed by atoms with Crippen molar-refractivity contribution in [2.45, 2.75) is 388 Å². The molecule has 0 bridgehead atoms. The van der Waals surface area contributed by atoms with Crippen LogP contribution in [0.3, 0.4) is 0 Å². The quantitative estimate of drug-likeness (QED) is 0.0222. The Morgan fingerprint density at radius 2 is 0.516 bits per heavy atom. The lowest BCUT2D eigenvalue weighted by molar-refractivity contribution is -0.161. The van der Waals surface area contributed by atoms with Gasteiger partial charge < -0.3 is 33.8 Å². The second-order valence-corrected chi connectivity index (χ2v) is 31.3. The molecule has 552 valence electrons. The number of phosphoric acid groups is 2. The normalized spacial score (nSPS) is 14.5. The largest absolute Gasteiger partial charge is 0.472 e. The molecule has 0 aliphatic carbocycles. The maximum Gasteiger partial charge on any atom is 0.472 e. The molecule has 0 aromatic carbocycles. The number of carbonyl (C=O) groups is 4. The average Bonchev–Trinajstić information content (AvgIpc) is 3.34. The van der Waals surface area contributed by atoms with Crippen molar-refractivity contribution in [1.82, 2.24) is 0 Å². The molecule has 93 heavy (non-hydrogen) atoms. The minimum absolute atomic E-state index is 0.105. The van der Waals surface area contributed by atoms with Crippen LogP contribution in [0.15, 0.2) is 0 Å². The molecule has 0 spiro atoms. The third kappa shape index (κ3) is 67.0. The molecule has 0 heterocycles. The highest BCUT2D eigenvalue weighted by molar-refractivity contribution is 7.47. The number of phosphoric ester groups is 2. The Bertz CT molecular complexity index is 1840. The molecule has 0 aromatic heterocycles. The van der Waals surface area contributed by atoms with Gasteiger partial charge in [-0.3, -0.25) is 37.3 Å². The molecule has 17 nitrogen and oxygen atoms in total. The van der Waals surface area contributed by atoms with Crippen molar-refractivity contribution in [2.24, 2.45) is 23.7 Å². The Balaban J connectivity index is 5.24. The van der Waals surface area contributed by atoms with Gasteiger partial charge in [0.1, 0.15) is 19.3 Å². The summed E-state index contributed by atoms with van der Waals surface area (Å²) in [6.45, 7) is 14.2. The average molecular weight is 1370 g/mol. The summed E-state index contributed by atoms with van der Waals surface area (Å²) in [5.41, 5.74) is 0. The van der Waals surface area contributed by atoms with Crippen molar-refractivity contribution in [3.8, 4) is 0 Å². The topological polar surface area (TPSA) is 237 Å². The monoisotopic (exact) mass is 1370 g/mol. The van der Waals surface area contributed by atoms with Crippen LogP contribution < -0.4 is 0 Å². The number of hydrogen-bond donors (Lipinski definition) is 3. The Hall–Kier alpha value is -1.94. The zero-order valence-electron chi connectivity index (χ0n) is 60.9. The minimum Gasteiger partial charge on any atom is -0.462 e. The molecule has 4 unspecified atom stereocenters. The molecule has 0 saturated heterocycles. The number of hydrogen-bond acceptors (Lipinski definition) is 15. The lowest BCUT2D eigenvalue weighted by Gasteiger charge is -2.21. The third-order valence-corrected chi connectivity index (χ3v) is 19.3. The van der Waals surface area contributed by atoms with Crippen LogP contribution in [0.25, 0.3) is 0 Å². The molecule has 0 aliphatic heterocycles. The van der Waals surface area contributed by atoms with Crippen LogP contribution >= 0.6 is 15.6 Å². The number of unbranched alkanes of at least 4 members (excludes halogenated alkanes) is 36. The standard InChI is InChI=1S/C74H144O17P2/c1-9-67(8)53-45-37-29-19-14-12-10-11-13-15-20-32-40-48-56-73(78)90-69(60-84-71(76)54-46-38-30-24-22-27-35-43-51-65(4)5)62-88-92(80,81)86-58-68(75)59-87-93(82,83)89-63-70(61-85-72(77)55-47-39-31-25-23-28-36-44-52-66(6)7)91-74(79)57-49-41-33-21-17-16-18-26-34-42-50-64(2)3/h64-70,75H,9-63H2,1-8H3,(H,80,81)(H,82,83)/t67?,68?,69-,70-/m1/s1. The van der Waals surface area contributed by atoms with E-state index in [1.54, 1.807) is 0 Å². The molecule has 0 fully saturated rings. The summed E-state index contributed by atoms with van der Waals surface area (Å²) in [5, 5.41) is 10.6. The zero-order valence-corrected chi connectivity index (χ0v) is 62.7. The van der Waals surface area contributed by atoms with Crippen molar-refractivity contribution in [1.29, 1.82) is 0 Å². The van der Waals surface area contributed by atoms with E-state index in [4.69, 9.17) is 37.0 Å². The van der Waals surface area contributed by atoms with E-state index >= 15 is 0 Å². The summed E-state index contributed by atoms with van der Waals surface area (Å²) in [4.78, 5) is 72.7. The molecular formula is C74H144O17P2. The van der Waals surface area contributed by atoms with Crippen molar-refractivity contribution >= 4 is 39.5 Å². The number of aliphatic hydroxyl groups excluding tert-OH is 1. The smallest absolute Gasteiger partial charge is 0.462 e. The summed E-state index contributed by atoms with van der Waals surface area (Å²) >= 11 is 0. The number of aliphatic hydroxyl groups is 1. The second-order valence-electron chi connectivity index (χ2n) is 28.4. The lowest BCUT2D eigenvalue weighted by atomic mass is 9.99. The van der Waals surface area contributed by atoms with Gasteiger partial charge in [-0.1, -0.05) is 319 Å². The number of rotatable bonds is 71. The van der Waals surface area contributed by atoms with E-state index in [9.17, 15) is 43.2 Å². The SMILES string of the molecule is CCC(C)CCCCCCCCCCCCCCCCC(=O)O[C@H](COC(=O)CCCCCCCCCCC(C)C)COP(=O)(O)OCC(O)COP(=O)(O)OC[C@@H](COC(=O)CCCCCCCCCCC(C)C)OC(=O)CCCCCCCCCCCCC(C)C. The molecule has 3 N–H and O–H groups in total. The zero-order chi connectivity index (χ0) is 68.9. The van der Waals surface area contributed by atoms with Gasteiger partial charge in [-0.2, -0.15) is 0 Å². The first kappa shape index (κ1) is 91.1. The molecule has 0 aliphatic rings. The van der Waals surface area contributed by atoms with Crippen LogP contribution in [0.4, 0.5) is 0 Å². The van der Waals surface area contributed by atoms with Gasteiger partial charge in [-0.25, -0.2) is 9.13 Å². The lowest BCUT2D eigenvalue weighted by Crippen LogP contribution is -2.30. The van der Waals surface area contributed by atoms with E-state index in [-0.39, 0.29) is 25.7 Å². The van der Waals surface area contributed by atoms with E-state index in [1.165, 1.54) is 173 Å². The number of carbonyl (C=O) groups excluding carboxylic acids is 4. The van der Waals surface area contributed by atoms with Gasteiger partial charge in [-0.05, 0) is 49.4 Å². The van der Waals surface area contributed by atoms with Crippen molar-refractivity contribution in [3.63, 3.8) is 0 Å². The van der Waals surface area contributed by atoms with Crippen molar-refractivity contribution < 1.29 is 80.2 Å². The fourth-order valence-corrected chi connectivity index (χ4v) is 12.7. The fourth-order valence-electron chi connectivity index (χ4n) is 11.2. The predicted octanol–water partition coefficient (Wildman–Crippen LogP) is 21.3. The van der Waals surface area contributed by atoms with Gasteiger partial charge in [0.25, 0.3) is 0 Å². The van der Waals surface area contributed by atoms with Crippen LogP contribution in [0, 0.1) is 23.7 Å². The molecular weight excluding hydrogens is 1220 g/mol. The first-order valence-corrected chi connectivity index (χ1v) is 41.2. The van der Waals surface area contributed by atoms with E-state index in [2.05, 4.69) is 55.4 Å². The highest BCUT2D eigenvalue weighted by Crippen LogP contribution is 2.45. The molecule has 19 heteroatoms. The first-order chi connectivity index (χ1) is 44.6. The van der Waals surface area contributed by atoms with Gasteiger partial charge in [0.2, 0.25) is 0 Å². The molecule has 0 aromatic rings. The highest BCUT2D eigenvalue weighted by Gasteiger charge is 2.30. The van der Waals surface area contributed by atoms with E-state index in [0.717, 1.165) is 114 Å². The predicted molar refractivity (Wildman–Crippen MR) is 377 cm³/mol. The first-order valence-electron chi connectivity index (χ1n) is 38.2. The minimum atomic E-state index is -4.96. The van der Waals surface area contributed by atoms with Crippen LogP contribution in [0.5, 0.6) is 0 Å². The van der Waals surface area contributed by atoms with E-state index in [1.807, 2.05) is 0 Å².